The molecule has 1 heterocycles. The van der Waals surface area contributed by atoms with Gasteiger partial charge >= 0.3 is 0 Å². The molecule has 138 valence electrons. The van der Waals surface area contributed by atoms with Crippen molar-refractivity contribution < 1.29 is 18.4 Å². The summed E-state index contributed by atoms with van der Waals surface area (Å²) in [5.74, 6) is 1.69. The van der Waals surface area contributed by atoms with E-state index in [0.29, 0.717) is 34.6 Å². The van der Waals surface area contributed by atoms with Gasteiger partial charge in [-0.2, -0.15) is 4.98 Å². The molecule has 1 saturated carbocycles. The summed E-state index contributed by atoms with van der Waals surface area (Å²) in [6, 6.07) is 13.0. The minimum atomic E-state index is -0.354. The van der Waals surface area contributed by atoms with Crippen LogP contribution in [0, 0.1) is 5.82 Å². The number of benzene rings is 2. The van der Waals surface area contributed by atoms with Gasteiger partial charge in [0, 0.05) is 11.6 Å². The fourth-order valence-electron chi connectivity index (χ4n) is 2.64. The molecule has 0 unspecified atom stereocenters. The van der Waals surface area contributed by atoms with Crippen molar-refractivity contribution in [3.05, 3.63) is 71.6 Å². The first kappa shape index (κ1) is 17.2. The highest BCUT2D eigenvalue weighted by atomic mass is 19.1. The van der Waals surface area contributed by atoms with Gasteiger partial charge in [-0.3, -0.25) is 4.79 Å². The number of carbonyl (C=O) groups is 1. The van der Waals surface area contributed by atoms with Crippen molar-refractivity contribution in [2.45, 2.75) is 31.8 Å². The number of amides is 1. The maximum atomic E-state index is 13.2. The third-order valence-corrected chi connectivity index (χ3v) is 4.17. The molecule has 1 fully saturated rings. The van der Waals surface area contributed by atoms with Crippen LogP contribution in [0.15, 0.2) is 53.1 Å². The van der Waals surface area contributed by atoms with Crippen LogP contribution in [-0.4, -0.2) is 16.0 Å². The number of nitrogens with zero attached hydrogens (tertiary/aromatic N) is 2. The van der Waals surface area contributed by atoms with Gasteiger partial charge in [-0.15, -0.1) is 0 Å². The number of hydrogen-bond acceptors (Lipinski definition) is 5. The van der Waals surface area contributed by atoms with E-state index in [-0.39, 0.29) is 24.8 Å². The van der Waals surface area contributed by atoms with Gasteiger partial charge in [-0.1, -0.05) is 17.3 Å². The van der Waals surface area contributed by atoms with Gasteiger partial charge < -0.3 is 14.6 Å². The summed E-state index contributed by atoms with van der Waals surface area (Å²) in [5.41, 5.74) is 1.26. The van der Waals surface area contributed by atoms with Crippen LogP contribution in [-0.2, 0) is 17.8 Å². The Morgan fingerprint density at radius 3 is 2.78 bits per heavy atom. The minimum Gasteiger partial charge on any atom is -0.485 e. The molecular formula is C20H18FN3O3. The summed E-state index contributed by atoms with van der Waals surface area (Å²) >= 11 is 0. The molecule has 27 heavy (non-hydrogen) atoms. The zero-order valence-corrected chi connectivity index (χ0v) is 14.5. The molecule has 3 aromatic rings. The Kier molecular flexibility index (Phi) is 4.82. The number of rotatable bonds is 7. The van der Waals surface area contributed by atoms with E-state index in [4.69, 9.17) is 9.26 Å². The van der Waals surface area contributed by atoms with Crippen LogP contribution in [0.1, 0.15) is 36.0 Å². The zero-order valence-electron chi connectivity index (χ0n) is 14.5. The minimum absolute atomic E-state index is 0.108. The predicted molar refractivity (Wildman–Crippen MR) is 95.8 cm³/mol. The molecule has 1 aliphatic carbocycles. The van der Waals surface area contributed by atoms with E-state index in [9.17, 15) is 9.18 Å². The van der Waals surface area contributed by atoms with E-state index in [1.165, 1.54) is 12.1 Å². The van der Waals surface area contributed by atoms with Crippen molar-refractivity contribution in [3.8, 4) is 5.75 Å². The molecule has 6 nitrogen and oxygen atoms in total. The summed E-state index contributed by atoms with van der Waals surface area (Å²) in [6.45, 7) is 0.224. The largest absolute Gasteiger partial charge is 0.485 e. The summed E-state index contributed by atoms with van der Waals surface area (Å²) in [4.78, 5) is 16.4. The zero-order chi connectivity index (χ0) is 18.6. The first-order valence-corrected chi connectivity index (χ1v) is 8.75. The summed E-state index contributed by atoms with van der Waals surface area (Å²) in [6.07, 6.45) is 2.32. The van der Waals surface area contributed by atoms with E-state index in [1.807, 2.05) is 0 Å². The second kappa shape index (κ2) is 7.57. The molecule has 2 aromatic carbocycles. The Morgan fingerprint density at radius 1 is 1.22 bits per heavy atom. The maximum absolute atomic E-state index is 13.2. The smallest absolute Gasteiger partial charge is 0.229 e. The predicted octanol–water partition coefficient (Wildman–Crippen LogP) is 3.85. The highest BCUT2D eigenvalue weighted by Gasteiger charge is 2.29. The highest BCUT2D eigenvalue weighted by Crippen LogP contribution is 2.38. The fraction of sp³-hybridized carbons (Fsp3) is 0.250. The lowest BCUT2D eigenvalue weighted by Gasteiger charge is -2.07. The Morgan fingerprint density at radius 2 is 2.04 bits per heavy atom. The summed E-state index contributed by atoms with van der Waals surface area (Å²) in [7, 11) is 0. The van der Waals surface area contributed by atoms with E-state index >= 15 is 0 Å². The van der Waals surface area contributed by atoms with Crippen molar-refractivity contribution in [1.29, 1.82) is 0 Å². The molecule has 0 saturated heterocycles. The molecule has 0 atom stereocenters. The average Bonchev–Trinajstić information content (AvgIpc) is 3.39. The van der Waals surface area contributed by atoms with Crippen LogP contribution < -0.4 is 10.1 Å². The van der Waals surface area contributed by atoms with Crippen molar-refractivity contribution in [2.75, 3.05) is 5.32 Å². The third kappa shape index (κ3) is 4.69. The lowest BCUT2D eigenvalue weighted by molar-refractivity contribution is -0.115. The van der Waals surface area contributed by atoms with Crippen LogP contribution in [0.3, 0.4) is 0 Å². The second-order valence-corrected chi connectivity index (χ2v) is 6.49. The van der Waals surface area contributed by atoms with Crippen molar-refractivity contribution in [2.24, 2.45) is 0 Å². The second-order valence-electron chi connectivity index (χ2n) is 6.49. The van der Waals surface area contributed by atoms with E-state index in [2.05, 4.69) is 15.5 Å². The monoisotopic (exact) mass is 367 g/mol. The van der Waals surface area contributed by atoms with Crippen LogP contribution in [0.2, 0.25) is 0 Å². The molecular weight excluding hydrogens is 349 g/mol. The first-order chi connectivity index (χ1) is 13.2. The Balaban J connectivity index is 1.28. The molecule has 1 amide bonds. The normalized spacial score (nSPS) is 13.4. The van der Waals surface area contributed by atoms with Crippen LogP contribution in [0.25, 0.3) is 0 Å². The van der Waals surface area contributed by atoms with E-state index in [1.54, 1.807) is 36.4 Å². The number of ether oxygens (including phenoxy) is 1. The number of hydrogen-bond donors (Lipinski definition) is 1. The fourth-order valence-corrected chi connectivity index (χ4v) is 2.64. The molecule has 0 spiro atoms. The molecule has 0 radical (unpaired) electrons. The molecule has 7 heteroatoms. The van der Waals surface area contributed by atoms with Gasteiger partial charge in [0.05, 0.1) is 6.42 Å². The molecule has 1 aliphatic rings. The molecule has 0 aliphatic heterocycles. The molecule has 4 rings (SSSR count). The third-order valence-electron chi connectivity index (χ3n) is 4.17. The van der Waals surface area contributed by atoms with E-state index < -0.39 is 0 Å². The Labute approximate surface area is 155 Å². The highest BCUT2D eigenvalue weighted by molar-refractivity contribution is 5.92. The van der Waals surface area contributed by atoms with Gasteiger partial charge in [0.15, 0.2) is 6.61 Å². The SMILES string of the molecule is O=C(Cc1cccc(F)c1)Nc1ccc(OCc2noc(C3CC3)n2)cc1. The number of carbonyl (C=O) groups excluding carboxylic acids is 1. The van der Waals surface area contributed by atoms with Gasteiger partial charge in [-0.05, 0) is 54.8 Å². The van der Waals surface area contributed by atoms with Crippen molar-refractivity contribution >= 4 is 11.6 Å². The van der Waals surface area contributed by atoms with Gasteiger partial charge in [0.1, 0.15) is 11.6 Å². The number of aromatic nitrogens is 2. The number of anilines is 1. The lowest BCUT2D eigenvalue weighted by atomic mass is 10.1. The van der Waals surface area contributed by atoms with Crippen LogP contribution >= 0.6 is 0 Å². The number of nitrogens with one attached hydrogen (secondary N) is 1. The summed E-state index contributed by atoms with van der Waals surface area (Å²) in [5, 5.41) is 6.68. The van der Waals surface area contributed by atoms with Gasteiger partial charge in [0.2, 0.25) is 17.6 Å². The molecule has 1 N–H and O–H groups in total. The molecule has 1 aromatic heterocycles. The van der Waals surface area contributed by atoms with Crippen molar-refractivity contribution in [3.63, 3.8) is 0 Å². The van der Waals surface area contributed by atoms with Crippen LogP contribution in [0.4, 0.5) is 10.1 Å². The average molecular weight is 367 g/mol. The Bertz CT molecular complexity index is 936. The van der Waals surface area contributed by atoms with Crippen molar-refractivity contribution in [1.82, 2.24) is 10.1 Å². The topological polar surface area (TPSA) is 77.2 Å². The molecule has 0 bridgehead atoms. The van der Waals surface area contributed by atoms with E-state index in [0.717, 1.165) is 12.8 Å². The van der Waals surface area contributed by atoms with Gasteiger partial charge in [0.25, 0.3) is 0 Å². The van der Waals surface area contributed by atoms with Crippen LogP contribution in [0.5, 0.6) is 5.75 Å². The quantitative estimate of drug-likeness (QED) is 0.686. The Hall–Kier alpha value is -3.22. The maximum Gasteiger partial charge on any atom is 0.229 e. The summed E-state index contributed by atoms with van der Waals surface area (Å²) < 4.78 is 24.0. The standard InChI is InChI=1S/C20H18FN3O3/c21-15-3-1-2-13(10-15)11-19(25)22-16-6-8-17(9-7-16)26-12-18-23-20(27-24-18)14-4-5-14/h1-3,6-10,14H,4-5,11-12H2,(H,22,25). The van der Waals surface area contributed by atoms with Gasteiger partial charge in [-0.25, -0.2) is 4.39 Å². The first-order valence-electron chi connectivity index (χ1n) is 8.75. The number of halogens is 1. The lowest BCUT2D eigenvalue weighted by Crippen LogP contribution is -2.14.